The summed E-state index contributed by atoms with van der Waals surface area (Å²) >= 11 is 0. The van der Waals surface area contributed by atoms with Crippen LogP contribution in [0.25, 0.3) is 0 Å². The molecule has 1 atom stereocenters. The summed E-state index contributed by atoms with van der Waals surface area (Å²) in [6.45, 7) is 14.5. The van der Waals surface area contributed by atoms with Crippen LogP contribution in [0.5, 0.6) is 0 Å². The third-order valence-corrected chi connectivity index (χ3v) is 3.61. The second-order valence-corrected chi connectivity index (χ2v) is 6.75. The van der Waals surface area contributed by atoms with E-state index in [0.29, 0.717) is 17.5 Å². The molecule has 3 nitrogen and oxygen atoms in total. The van der Waals surface area contributed by atoms with Crippen LogP contribution in [0.1, 0.15) is 66.1 Å². The zero-order valence-electron chi connectivity index (χ0n) is 13.5. The zero-order chi connectivity index (χ0) is 14.5. The Kier molecular flexibility index (Phi) is 6.05. The van der Waals surface area contributed by atoms with Gasteiger partial charge in [-0.25, -0.2) is 0 Å². The zero-order valence-corrected chi connectivity index (χ0v) is 13.5. The normalized spacial score (nSPS) is 14.1. The van der Waals surface area contributed by atoms with Gasteiger partial charge in [0.1, 0.15) is 0 Å². The standard InChI is InChI=1S/C16H31N3/c1-7-17-15(16(4,5)6)10-8-9-14-11-12-19(18-14)13(2)3/h11-13,15,17H,7-10H2,1-6H3. The highest BCUT2D eigenvalue weighted by Crippen LogP contribution is 2.23. The van der Waals surface area contributed by atoms with Crippen LogP contribution in [-0.4, -0.2) is 22.4 Å². The summed E-state index contributed by atoms with van der Waals surface area (Å²) in [5.74, 6) is 0. The van der Waals surface area contributed by atoms with Crippen molar-refractivity contribution in [2.24, 2.45) is 5.41 Å². The van der Waals surface area contributed by atoms with Gasteiger partial charge < -0.3 is 5.32 Å². The monoisotopic (exact) mass is 265 g/mol. The molecular weight excluding hydrogens is 234 g/mol. The van der Waals surface area contributed by atoms with E-state index >= 15 is 0 Å². The van der Waals surface area contributed by atoms with Crippen LogP contribution < -0.4 is 5.32 Å². The maximum Gasteiger partial charge on any atom is 0.0624 e. The number of nitrogens with one attached hydrogen (secondary N) is 1. The number of aromatic nitrogens is 2. The highest BCUT2D eigenvalue weighted by Gasteiger charge is 2.22. The Bertz CT molecular complexity index is 360. The van der Waals surface area contributed by atoms with Crippen LogP contribution in [0.4, 0.5) is 0 Å². The lowest BCUT2D eigenvalue weighted by Crippen LogP contribution is -2.40. The van der Waals surface area contributed by atoms with E-state index in [1.54, 1.807) is 0 Å². The van der Waals surface area contributed by atoms with Crippen molar-refractivity contribution < 1.29 is 0 Å². The van der Waals surface area contributed by atoms with Crippen LogP contribution in [-0.2, 0) is 6.42 Å². The fourth-order valence-corrected chi connectivity index (χ4v) is 2.37. The van der Waals surface area contributed by atoms with Gasteiger partial charge in [-0.05, 0) is 51.1 Å². The number of nitrogens with zero attached hydrogens (tertiary/aromatic N) is 2. The first-order valence-corrected chi connectivity index (χ1v) is 7.62. The molecule has 19 heavy (non-hydrogen) atoms. The van der Waals surface area contributed by atoms with Gasteiger partial charge in [0.2, 0.25) is 0 Å². The predicted octanol–water partition coefficient (Wildman–Crippen LogP) is 3.81. The molecule has 110 valence electrons. The van der Waals surface area contributed by atoms with Crippen molar-refractivity contribution in [3.63, 3.8) is 0 Å². The van der Waals surface area contributed by atoms with Crippen molar-refractivity contribution in [1.29, 1.82) is 0 Å². The van der Waals surface area contributed by atoms with E-state index in [1.807, 2.05) is 4.68 Å². The van der Waals surface area contributed by atoms with E-state index in [2.05, 4.69) is 64.2 Å². The average Bonchev–Trinajstić information content (AvgIpc) is 2.75. The quantitative estimate of drug-likeness (QED) is 0.812. The Hall–Kier alpha value is -0.830. The molecule has 1 heterocycles. The van der Waals surface area contributed by atoms with E-state index in [9.17, 15) is 0 Å². The number of rotatable bonds is 7. The average molecular weight is 265 g/mol. The van der Waals surface area contributed by atoms with Crippen molar-refractivity contribution in [3.05, 3.63) is 18.0 Å². The smallest absolute Gasteiger partial charge is 0.0624 e. The molecular formula is C16H31N3. The lowest BCUT2D eigenvalue weighted by molar-refractivity contribution is 0.254. The van der Waals surface area contributed by atoms with Crippen molar-refractivity contribution >= 4 is 0 Å². The predicted molar refractivity (Wildman–Crippen MR) is 82.5 cm³/mol. The largest absolute Gasteiger partial charge is 0.314 e. The van der Waals surface area contributed by atoms with Crippen LogP contribution in [0.15, 0.2) is 12.3 Å². The molecule has 0 radical (unpaired) electrons. The van der Waals surface area contributed by atoms with Gasteiger partial charge in [-0.2, -0.15) is 5.10 Å². The molecule has 0 aliphatic heterocycles. The van der Waals surface area contributed by atoms with E-state index in [1.165, 1.54) is 18.5 Å². The van der Waals surface area contributed by atoms with E-state index < -0.39 is 0 Å². The first-order valence-electron chi connectivity index (χ1n) is 7.62. The Morgan fingerprint density at radius 3 is 2.47 bits per heavy atom. The molecule has 1 aromatic heterocycles. The van der Waals surface area contributed by atoms with Crippen LogP contribution in [0.3, 0.4) is 0 Å². The van der Waals surface area contributed by atoms with E-state index in [4.69, 9.17) is 0 Å². The van der Waals surface area contributed by atoms with Crippen molar-refractivity contribution in [2.45, 2.75) is 72.9 Å². The minimum atomic E-state index is 0.327. The Morgan fingerprint density at radius 1 is 1.32 bits per heavy atom. The van der Waals surface area contributed by atoms with Gasteiger partial charge in [0.25, 0.3) is 0 Å². The Morgan fingerprint density at radius 2 is 2.00 bits per heavy atom. The highest BCUT2D eigenvalue weighted by atomic mass is 15.3. The summed E-state index contributed by atoms with van der Waals surface area (Å²) in [7, 11) is 0. The first kappa shape index (κ1) is 16.2. The Balaban J connectivity index is 2.43. The number of hydrogen-bond donors (Lipinski definition) is 1. The third kappa shape index (κ3) is 5.35. The van der Waals surface area contributed by atoms with Crippen LogP contribution in [0, 0.1) is 5.41 Å². The minimum absolute atomic E-state index is 0.327. The Labute approximate surface area is 118 Å². The summed E-state index contributed by atoms with van der Waals surface area (Å²) in [5, 5.41) is 8.22. The maximum atomic E-state index is 4.61. The van der Waals surface area contributed by atoms with Gasteiger partial charge in [0, 0.05) is 18.3 Å². The molecule has 0 saturated heterocycles. The summed E-state index contributed by atoms with van der Waals surface area (Å²) in [4.78, 5) is 0. The van der Waals surface area contributed by atoms with E-state index in [0.717, 1.165) is 13.0 Å². The fourth-order valence-electron chi connectivity index (χ4n) is 2.37. The van der Waals surface area contributed by atoms with Gasteiger partial charge in [-0.1, -0.05) is 27.7 Å². The molecule has 0 amide bonds. The molecule has 0 aliphatic carbocycles. The maximum absolute atomic E-state index is 4.61. The third-order valence-electron chi connectivity index (χ3n) is 3.61. The van der Waals surface area contributed by atoms with Crippen LogP contribution >= 0.6 is 0 Å². The number of aryl methyl sites for hydroxylation is 1. The molecule has 1 N–H and O–H groups in total. The molecule has 0 bridgehead atoms. The van der Waals surface area contributed by atoms with Crippen molar-refractivity contribution in [1.82, 2.24) is 15.1 Å². The highest BCUT2D eigenvalue weighted by molar-refractivity contribution is 4.99. The molecule has 0 aromatic carbocycles. The van der Waals surface area contributed by atoms with Gasteiger partial charge in [-0.15, -0.1) is 0 Å². The molecule has 1 unspecified atom stereocenters. The van der Waals surface area contributed by atoms with Gasteiger partial charge in [-0.3, -0.25) is 4.68 Å². The molecule has 0 fully saturated rings. The molecule has 0 aliphatic rings. The summed E-state index contributed by atoms with van der Waals surface area (Å²) in [6.07, 6.45) is 5.58. The van der Waals surface area contributed by atoms with Crippen LogP contribution in [0.2, 0.25) is 0 Å². The van der Waals surface area contributed by atoms with Crippen molar-refractivity contribution in [3.8, 4) is 0 Å². The summed E-state index contributed by atoms with van der Waals surface area (Å²) in [6, 6.07) is 3.20. The molecule has 0 saturated carbocycles. The van der Waals surface area contributed by atoms with Gasteiger partial charge in [0.15, 0.2) is 0 Å². The molecule has 1 aromatic rings. The second kappa shape index (κ2) is 7.09. The lowest BCUT2D eigenvalue weighted by atomic mass is 9.83. The van der Waals surface area contributed by atoms with E-state index in [-0.39, 0.29) is 0 Å². The van der Waals surface area contributed by atoms with Gasteiger partial charge in [0.05, 0.1) is 5.69 Å². The first-order chi connectivity index (χ1) is 8.84. The number of hydrogen-bond acceptors (Lipinski definition) is 2. The molecule has 3 heteroatoms. The van der Waals surface area contributed by atoms with Gasteiger partial charge >= 0.3 is 0 Å². The lowest BCUT2D eigenvalue weighted by Gasteiger charge is -2.31. The van der Waals surface area contributed by atoms with Crippen molar-refractivity contribution in [2.75, 3.05) is 6.54 Å². The molecule has 1 rings (SSSR count). The second-order valence-electron chi connectivity index (χ2n) is 6.75. The summed E-state index contributed by atoms with van der Waals surface area (Å²) in [5.41, 5.74) is 1.55. The topological polar surface area (TPSA) is 29.9 Å². The summed E-state index contributed by atoms with van der Waals surface area (Å²) < 4.78 is 2.04. The fraction of sp³-hybridized carbons (Fsp3) is 0.812. The SMILES string of the molecule is CCNC(CCCc1ccn(C(C)C)n1)C(C)(C)C. The minimum Gasteiger partial charge on any atom is -0.314 e. The molecule has 0 spiro atoms.